The SMILES string of the molecule is CCNc1cc(C(=O)NCc2cnc[nH]2)ccc1[N+](=O)[O-]. The zero-order chi connectivity index (χ0) is 15.2. The summed E-state index contributed by atoms with van der Waals surface area (Å²) in [5.74, 6) is -0.307. The number of carbonyl (C=O) groups is 1. The number of rotatable bonds is 6. The molecule has 2 rings (SSSR count). The first-order chi connectivity index (χ1) is 10.1. The second-order valence-corrected chi connectivity index (χ2v) is 4.28. The van der Waals surface area contributed by atoms with E-state index in [1.165, 1.54) is 24.5 Å². The minimum Gasteiger partial charge on any atom is -0.380 e. The van der Waals surface area contributed by atoms with Gasteiger partial charge in [-0.3, -0.25) is 14.9 Å². The van der Waals surface area contributed by atoms with Crippen LogP contribution in [0.2, 0.25) is 0 Å². The topological polar surface area (TPSA) is 113 Å². The maximum absolute atomic E-state index is 12.0. The van der Waals surface area contributed by atoms with E-state index < -0.39 is 4.92 Å². The Morgan fingerprint density at radius 3 is 2.90 bits per heavy atom. The molecule has 0 spiro atoms. The largest absolute Gasteiger partial charge is 0.380 e. The van der Waals surface area contributed by atoms with Crippen molar-refractivity contribution in [3.05, 3.63) is 52.1 Å². The molecule has 0 radical (unpaired) electrons. The van der Waals surface area contributed by atoms with Crippen LogP contribution in [0.3, 0.4) is 0 Å². The lowest BCUT2D eigenvalue weighted by molar-refractivity contribution is -0.384. The number of nitrogens with one attached hydrogen (secondary N) is 3. The summed E-state index contributed by atoms with van der Waals surface area (Å²) in [6.07, 6.45) is 3.14. The van der Waals surface area contributed by atoms with Gasteiger partial charge in [-0.05, 0) is 19.1 Å². The molecule has 8 nitrogen and oxygen atoms in total. The number of amides is 1. The summed E-state index contributed by atoms with van der Waals surface area (Å²) in [6.45, 7) is 2.67. The van der Waals surface area contributed by atoms with Gasteiger partial charge in [-0.15, -0.1) is 0 Å². The molecular formula is C13H15N5O3. The molecule has 1 amide bonds. The van der Waals surface area contributed by atoms with Crippen LogP contribution in [0.25, 0.3) is 0 Å². The van der Waals surface area contributed by atoms with Crippen LogP contribution in [-0.4, -0.2) is 27.3 Å². The minimum atomic E-state index is -0.482. The van der Waals surface area contributed by atoms with Crippen LogP contribution in [0.1, 0.15) is 23.0 Å². The third-order valence-corrected chi connectivity index (χ3v) is 2.82. The zero-order valence-electron chi connectivity index (χ0n) is 11.4. The molecule has 8 heteroatoms. The molecule has 0 aliphatic carbocycles. The number of anilines is 1. The fourth-order valence-electron chi connectivity index (χ4n) is 1.83. The molecule has 2 aromatic rings. The van der Waals surface area contributed by atoms with E-state index in [1.54, 1.807) is 6.20 Å². The molecule has 0 fully saturated rings. The van der Waals surface area contributed by atoms with Crippen LogP contribution in [0.15, 0.2) is 30.7 Å². The van der Waals surface area contributed by atoms with E-state index in [0.717, 1.165) is 5.69 Å². The summed E-state index contributed by atoms with van der Waals surface area (Å²) in [5, 5.41) is 16.5. The van der Waals surface area contributed by atoms with Crippen LogP contribution in [-0.2, 0) is 6.54 Å². The fraction of sp³-hybridized carbons (Fsp3) is 0.231. The maximum atomic E-state index is 12.0. The number of nitro benzene ring substituents is 1. The maximum Gasteiger partial charge on any atom is 0.292 e. The molecule has 1 heterocycles. The standard InChI is InChI=1S/C13H15N5O3/c1-2-15-11-5-9(3-4-12(11)18(20)21)13(19)16-7-10-6-14-8-17-10/h3-6,8,15H,2,7H2,1H3,(H,14,17)(H,16,19). The van der Waals surface area contributed by atoms with Crippen molar-refractivity contribution in [2.75, 3.05) is 11.9 Å². The molecule has 0 aliphatic rings. The lowest BCUT2D eigenvalue weighted by Crippen LogP contribution is -2.23. The highest BCUT2D eigenvalue weighted by atomic mass is 16.6. The average molecular weight is 289 g/mol. The number of imidazole rings is 1. The van der Waals surface area contributed by atoms with Gasteiger partial charge >= 0.3 is 0 Å². The quantitative estimate of drug-likeness (QED) is 0.553. The van der Waals surface area contributed by atoms with Gasteiger partial charge in [0, 0.05) is 24.4 Å². The second-order valence-electron chi connectivity index (χ2n) is 4.28. The predicted molar refractivity (Wildman–Crippen MR) is 77.0 cm³/mol. The number of H-pyrrole nitrogens is 1. The Labute approximate surface area is 120 Å². The van der Waals surface area contributed by atoms with Crippen molar-refractivity contribution >= 4 is 17.3 Å². The molecule has 0 bridgehead atoms. The lowest BCUT2D eigenvalue weighted by atomic mass is 10.1. The van der Waals surface area contributed by atoms with Gasteiger partial charge in [-0.25, -0.2) is 4.98 Å². The minimum absolute atomic E-state index is 0.0537. The van der Waals surface area contributed by atoms with E-state index in [0.29, 0.717) is 24.3 Å². The Balaban J connectivity index is 2.13. The highest BCUT2D eigenvalue weighted by Gasteiger charge is 2.16. The van der Waals surface area contributed by atoms with Crippen LogP contribution >= 0.6 is 0 Å². The summed E-state index contributed by atoms with van der Waals surface area (Å²) in [5.41, 5.74) is 1.41. The van der Waals surface area contributed by atoms with Crippen molar-refractivity contribution < 1.29 is 9.72 Å². The van der Waals surface area contributed by atoms with Crippen LogP contribution in [0, 0.1) is 10.1 Å². The van der Waals surface area contributed by atoms with E-state index in [1.807, 2.05) is 6.92 Å². The molecule has 1 aromatic carbocycles. The van der Waals surface area contributed by atoms with Crippen molar-refractivity contribution in [2.24, 2.45) is 0 Å². The van der Waals surface area contributed by atoms with Gasteiger partial charge in [0.15, 0.2) is 0 Å². The molecule has 21 heavy (non-hydrogen) atoms. The average Bonchev–Trinajstić information content (AvgIpc) is 2.98. The van der Waals surface area contributed by atoms with E-state index >= 15 is 0 Å². The molecule has 0 saturated heterocycles. The molecule has 1 aromatic heterocycles. The third-order valence-electron chi connectivity index (χ3n) is 2.82. The van der Waals surface area contributed by atoms with Crippen molar-refractivity contribution in [1.29, 1.82) is 0 Å². The third kappa shape index (κ3) is 3.56. The van der Waals surface area contributed by atoms with Crippen LogP contribution < -0.4 is 10.6 Å². The normalized spacial score (nSPS) is 10.1. The van der Waals surface area contributed by atoms with Crippen molar-refractivity contribution in [3.8, 4) is 0 Å². The van der Waals surface area contributed by atoms with E-state index in [2.05, 4.69) is 20.6 Å². The van der Waals surface area contributed by atoms with Gasteiger partial charge in [-0.2, -0.15) is 0 Å². The number of nitrogens with zero attached hydrogens (tertiary/aromatic N) is 2. The first kappa shape index (κ1) is 14.5. The summed E-state index contributed by atoms with van der Waals surface area (Å²) in [6, 6.07) is 4.23. The van der Waals surface area contributed by atoms with Crippen molar-refractivity contribution in [3.63, 3.8) is 0 Å². The second kappa shape index (κ2) is 6.51. The van der Waals surface area contributed by atoms with E-state index in [4.69, 9.17) is 0 Å². The molecule has 0 unspecified atom stereocenters. The number of aromatic amines is 1. The first-order valence-corrected chi connectivity index (χ1v) is 6.39. The molecule has 110 valence electrons. The summed E-state index contributed by atoms with van der Waals surface area (Å²) >= 11 is 0. The number of aromatic nitrogens is 2. The summed E-state index contributed by atoms with van der Waals surface area (Å²) < 4.78 is 0. The van der Waals surface area contributed by atoms with Crippen molar-refractivity contribution in [1.82, 2.24) is 15.3 Å². The molecule has 0 saturated carbocycles. The molecule has 0 aliphatic heterocycles. The summed E-state index contributed by atoms with van der Waals surface area (Å²) in [4.78, 5) is 29.2. The molecule has 0 atom stereocenters. The lowest BCUT2D eigenvalue weighted by Gasteiger charge is -2.08. The highest BCUT2D eigenvalue weighted by Crippen LogP contribution is 2.25. The van der Waals surface area contributed by atoms with Gasteiger partial charge in [0.05, 0.1) is 23.5 Å². The Hall–Kier alpha value is -2.90. The van der Waals surface area contributed by atoms with Gasteiger partial charge in [0.25, 0.3) is 11.6 Å². The predicted octanol–water partition coefficient (Wildman–Crippen LogP) is 1.68. The Morgan fingerprint density at radius 1 is 1.48 bits per heavy atom. The molecule has 3 N–H and O–H groups in total. The monoisotopic (exact) mass is 289 g/mol. The Morgan fingerprint density at radius 2 is 2.29 bits per heavy atom. The number of benzene rings is 1. The van der Waals surface area contributed by atoms with Gasteiger partial charge in [0.2, 0.25) is 0 Å². The Bertz CT molecular complexity index is 639. The summed E-state index contributed by atoms with van der Waals surface area (Å²) in [7, 11) is 0. The van der Waals surface area contributed by atoms with Gasteiger partial charge in [-0.1, -0.05) is 0 Å². The number of hydrogen-bond donors (Lipinski definition) is 3. The smallest absolute Gasteiger partial charge is 0.292 e. The van der Waals surface area contributed by atoms with Gasteiger partial charge in [0.1, 0.15) is 5.69 Å². The van der Waals surface area contributed by atoms with Gasteiger partial charge < -0.3 is 15.6 Å². The Kier molecular flexibility index (Phi) is 4.50. The van der Waals surface area contributed by atoms with E-state index in [-0.39, 0.29) is 11.6 Å². The van der Waals surface area contributed by atoms with E-state index in [9.17, 15) is 14.9 Å². The van der Waals surface area contributed by atoms with Crippen LogP contribution in [0.5, 0.6) is 0 Å². The number of carbonyl (C=O) groups excluding carboxylic acids is 1. The van der Waals surface area contributed by atoms with Crippen molar-refractivity contribution in [2.45, 2.75) is 13.5 Å². The first-order valence-electron chi connectivity index (χ1n) is 6.39. The highest BCUT2D eigenvalue weighted by molar-refractivity contribution is 5.95. The number of hydrogen-bond acceptors (Lipinski definition) is 5. The zero-order valence-corrected chi connectivity index (χ0v) is 11.4. The number of nitro groups is 1. The molecular weight excluding hydrogens is 274 g/mol. The van der Waals surface area contributed by atoms with Crippen LogP contribution in [0.4, 0.5) is 11.4 Å². The fourth-order valence-corrected chi connectivity index (χ4v) is 1.83.